The number of rotatable bonds is 1. The summed E-state index contributed by atoms with van der Waals surface area (Å²) in [7, 11) is 0. The highest BCUT2D eigenvalue weighted by molar-refractivity contribution is 5.94. The number of allylic oxidation sites excluding steroid dienone is 4. The predicted octanol–water partition coefficient (Wildman–Crippen LogP) is 6.17. The third kappa shape index (κ3) is 2.31. The molecule has 128 valence electrons. The van der Waals surface area contributed by atoms with E-state index in [9.17, 15) is 0 Å². The first-order valence-electron chi connectivity index (χ1n) is 9.49. The molecule has 0 saturated heterocycles. The Bertz CT molecular complexity index is 1080. The van der Waals surface area contributed by atoms with Crippen LogP contribution in [0.1, 0.15) is 41.0 Å². The van der Waals surface area contributed by atoms with Crippen molar-refractivity contribution in [3.63, 3.8) is 0 Å². The largest absolute Gasteiger partial charge is 0.399 e. The van der Waals surface area contributed by atoms with Gasteiger partial charge in [0.2, 0.25) is 0 Å². The van der Waals surface area contributed by atoms with Crippen LogP contribution in [0.4, 0.5) is 5.69 Å². The standard InChI is InChI=1S/C25H23N/c1-16-10-12-18(26)14-23(16)25-15-24-19-7-3-2-6-17(19)11-13-22(24)20-8-4-5-9-21(20)25/h2-4,6-8,10-14,25H,5,9,15,26H2,1H3. The fraction of sp³-hybridized carbons (Fsp3) is 0.200. The van der Waals surface area contributed by atoms with Gasteiger partial charge in [0.05, 0.1) is 0 Å². The molecule has 5 rings (SSSR count). The van der Waals surface area contributed by atoms with Crippen LogP contribution < -0.4 is 5.73 Å². The van der Waals surface area contributed by atoms with E-state index in [1.54, 1.807) is 5.57 Å². The second-order valence-corrected chi connectivity index (χ2v) is 7.57. The molecule has 0 fully saturated rings. The van der Waals surface area contributed by atoms with Crippen molar-refractivity contribution in [1.82, 2.24) is 0 Å². The molecule has 0 saturated carbocycles. The lowest BCUT2D eigenvalue weighted by Gasteiger charge is -2.33. The van der Waals surface area contributed by atoms with E-state index in [4.69, 9.17) is 5.73 Å². The Kier molecular flexibility index (Phi) is 3.49. The number of hydrogen-bond donors (Lipinski definition) is 1. The van der Waals surface area contributed by atoms with Crippen LogP contribution in [0.5, 0.6) is 0 Å². The Balaban J connectivity index is 1.78. The van der Waals surface area contributed by atoms with Crippen LogP contribution in [0, 0.1) is 6.92 Å². The summed E-state index contributed by atoms with van der Waals surface area (Å²) in [4.78, 5) is 0. The SMILES string of the molecule is Cc1ccc(N)cc1C1Cc2c(ccc3ccccc23)C2=C1CCC=C2. The van der Waals surface area contributed by atoms with Gasteiger partial charge < -0.3 is 5.73 Å². The third-order valence-electron chi connectivity index (χ3n) is 6.05. The van der Waals surface area contributed by atoms with E-state index in [1.807, 2.05) is 6.07 Å². The summed E-state index contributed by atoms with van der Waals surface area (Å²) in [5.74, 6) is 0.428. The first kappa shape index (κ1) is 15.5. The van der Waals surface area contributed by atoms with Crippen LogP contribution in [0.2, 0.25) is 0 Å². The molecular weight excluding hydrogens is 314 g/mol. The smallest absolute Gasteiger partial charge is 0.0317 e. The van der Waals surface area contributed by atoms with Gasteiger partial charge in [-0.05, 0) is 76.9 Å². The molecule has 0 spiro atoms. The average Bonchev–Trinajstić information content (AvgIpc) is 2.69. The zero-order valence-corrected chi connectivity index (χ0v) is 15.1. The second kappa shape index (κ2) is 5.88. The lowest BCUT2D eigenvalue weighted by Crippen LogP contribution is -2.17. The Labute approximate surface area is 154 Å². The summed E-state index contributed by atoms with van der Waals surface area (Å²) < 4.78 is 0. The Morgan fingerprint density at radius 1 is 1.00 bits per heavy atom. The minimum absolute atomic E-state index is 0.428. The quantitative estimate of drug-likeness (QED) is 0.528. The van der Waals surface area contributed by atoms with E-state index in [0.29, 0.717) is 5.92 Å². The lowest BCUT2D eigenvalue weighted by molar-refractivity contribution is 0.720. The van der Waals surface area contributed by atoms with Gasteiger partial charge in [0, 0.05) is 11.6 Å². The van der Waals surface area contributed by atoms with Crippen molar-refractivity contribution in [2.75, 3.05) is 5.73 Å². The second-order valence-electron chi connectivity index (χ2n) is 7.57. The van der Waals surface area contributed by atoms with Crippen molar-refractivity contribution in [3.05, 3.63) is 94.6 Å². The van der Waals surface area contributed by atoms with Gasteiger partial charge in [-0.2, -0.15) is 0 Å². The van der Waals surface area contributed by atoms with E-state index in [1.165, 1.54) is 38.6 Å². The highest BCUT2D eigenvalue weighted by atomic mass is 14.5. The minimum atomic E-state index is 0.428. The molecule has 0 amide bonds. The van der Waals surface area contributed by atoms with Crippen LogP contribution in [0.15, 0.2) is 72.3 Å². The van der Waals surface area contributed by atoms with E-state index >= 15 is 0 Å². The van der Waals surface area contributed by atoms with Gasteiger partial charge in [-0.1, -0.05) is 60.2 Å². The van der Waals surface area contributed by atoms with Gasteiger partial charge in [-0.15, -0.1) is 0 Å². The van der Waals surface area contributed by atoms with Gasteiger partial charge >= 0.3 is 0 Å². The number of nitrogen functional groups attached to an aromatic ring is 1. The molecule has 26 heavy (non-hydrogen) atoms. The predicted molar refractivity (Wildman–Crippen MR) is 111 cm³/mol. The summed E-state index contributed by atoms with van der Waals surface area (Å²) in [5.41, 5.74) is 15.7. The van der Waals surface area contributed by atoms with E-state index in [2.05, 4.69) is 67.6 Å². The third-order valence-corrected chi connectivity index (χ3v) is 6.05. The van der Waals surface area contributed by atoms with E-state index in [0.717, 1.165) is 24.9 Å². The van der Waals surface area contributed by atoms with E-state index in [-0.39, 0.29) is 0 Å². The molecule has 2 aliphatic carbocycles. The molecule has 0 bridgehead atoms. The molecule has 2 aliphatic rings. The molecule has 3 aromatic rings. The van der Waals surface area contributed by atoms with Crippen molar-refractivity contribution in [2.45, 2.75) is 32.1 Å². The zero-order chi connectivity index (χ0) is 17.7. The molecule has 1 nitrogen and oxygen atoms in total. The van der Waals surface area contributed by atoms with Crippen LogP contribution in [0.25, 0.3) is 16.3 Å². The van der Waals surface area contributed by atoms with Gasteiger partial charge in [0.15, 0.2) is 0 Å². The maximum Gasteiger partial charge on any atom is 0.0317 e. The molecule has 0 radical (unpaired) electrons. The van der Waals surface area contributed by atoms with Crippen LogP contribution in [0.3, 0.4) is 0 Å². The topological polar surface area (TPSA) is 26.0 Å². The number of aryl methyl sites for hydroxylation is 1. The highest BCUT2D eigenvalue weighted by Crippen LogP contribution is 2.47. The number of nitrogens with two attached hydrogens (primary N) is 1. The normalized spacial score (nSPS) is 18.7. The number of anilines is 1. The monoisotopic (exact) mass is 337 g/mol. The average molecular weight is 337 g/mol. The van der Waals surface area contributed by atoms with Gasteiger partial charge in [0.1, 0.15) is 0 Å². The zero-order valence-electron chi connectivity index (χ0n) is 15.1. The molecule has 3 aromatic carbocycles. The molecule has 0 heterocycles. The van der Waals surface area contributed by atoms with E-state index < -0.39 is 0 Å². The molecule has 1 atom stereocenters. The van der Waals surface area contributed by atoms with Gasteiger partial charge in [-0.3, -0.25) is 0 Å². The van der Waals surface area contributed by atoms with Crippen LogP contribution >= 0.6 is 0 Å². The fourth-order valence-corrected chi connectivity index (χ4v) is 4.77. The first-order valence-corrected chi connectivity index (χ1v) is 9.49. The summed E-state index contributed by atoms with van der Waals surface area (Å²) in [5, 5.41) is 2.72. The molecule has 2 N–H and O–H groups in total. The van der Waals surface area contributed by atoms with Crippen LogP contribution in [-0.2, 0) is 6.42 Å². The summed E-state index contributed by atoms with van der Waals surface area (Å²) in [6.45, 7) is 2.21. The summed E-state index contributed by atoms with van der Waals surface area (Å²) in [6.07, 6.45) is 8.02. The molecular formula is C25H23N. The number of fused-ring (bicyclic) bond motifs is 4. The fourth-order valence-electron chi connectivity index (χ4n) is 4.77. The van der Waals surface area contributed by atoms with Crippen molar-refractivity contribution in [1.29, 1.82) is 0 Å². The van der Waals surface area contributed by atoms with Crippen molar-refractivity contribution in [2.24, 2.45) is 0 Å². The maximum atomic E-state index is 6.16. The number of benzene rings is 3. The van der Waals surface area contributed by atoms with Crippen molar-refractivity contribution >= 4 is 22.0 Å². The number of hydrogen-bond acceptors (Lipinski definition) is 1. The maximum absolute atomic E-state index is 6.16. The lowest BCUT2D eigenvalue weighted by atomic mass is 9.71. The highest BCUT2D eigenvalue weighted by Gasteiger charge is 2.30. The first-order chi connectivity index (χ1) is 12.7. The summed E-state index contributed by atoms with van der Waals surface area (Å²) in [6, 6.07) is 19.7. The van der Waals surface area contributed by atoms with Gasteiger partial charge in [-0.25, -0.2) is 0 Å². The van der Waals surface area contributed by atoms with Crippen LogP contribution in [-0.4, -0.2) is 0 Å². The van der Waals surface area contributed by atoms with Crippen molar-refractivity contribution < 1.29 is 0 Å². The molecule has 1 unspecified atom stereocenters. The minimum Gasteiger partial charge on any atom is -0.399 e. The molecule has 0 aromatic heterocycles. The Hall–Kier alpha value is -2.80. The Morgan fingerprint density at radius 3 is 2.81 bits per heavy atom. The molecule has 1 heteroatoms. The molecule has 0 aliphatic heterocycles. The Morgan fingerprint density at radius 2 is 1.88 bits per heavy atom. The summed E-state index contributed by atoms with van der Waals surface area (Å²) >= 11 is 0. The van der Waals surface area contributed by atoms with Crippen molar-refractivity contribution in [3.8, 4) is 0 Å². The van der Waals surface area contributed by atoms with Gasteiger partial charge in [0.25, 0.3) is 0 Å².